The number of hydrogen-bond donors (Lipinski definition) is 0. The molecule has 0 aromatic heterocycles. The van der Waals surface area contributed by atoms with Crippen molar-refractivity contribution in [3.05, 3.63) is 83.9 Å². The molecule has 3 rings (SSSR count). The van der Waals surface area contributed by atoms with Crippen molar-refractivity contribution >= 4 is 10.8 Å². The van der Waals surface area contributed by atoms with Crippen molar-refractivity contribution in [1.29, 1.82) is 0 Å². The van der Waals surface area contributed by atoms with E-state index in [0.717, 1.165) is 36.3 Å². The Hall–Kier alpha value is -3.67. The van der Waals surface area contributed by atoms with Gasteiger partial charge in [-0.25, -0.2) is 8.78 Å². The first kappa shape index (κ1) is 23.0. The van der Waals surface area contributed by atoms with Crippen LogP contribution in [-0.2, 0) is 6.11 Å². The molecule has 2 nitrogen and oxygen atoms in total. The second-order valence-corrected chi connectivity index (χ2v) is 6.42. The fourth-order valence-corrected chi connectivity index (χ4v) is 2.75. The fraction of sp³-hybridized carbons (Fsp3) is 0.130. The third-order valence-electron chi connectivity index (χ3n) is 4.12. The van der Waals surface area contributed by atoms with E-state index in [1.54, 1.807) is 5.92 Å². The van der Waals surface area contributed by atoms with E-state index in [9.17, 15) is 30.7 Å². The highest BCUT2D eigenvalue weighted by Gasteiger charge is 2.35. The van der Waals surface area contributed by atoms with Crippen molar-refractivity contribution < 1.29 is 40.2 Å². The van der Waals surface area contributed by atoms with Crippen molar-refractivity contribution in [2.45, 2.75) is 12.3 Å². The van der Waals surface area contributed by atoms with Gasteiger partial charge in [-0.15, -0.1) is 0 Å². The smallest absolute Gasteiger partial charge is 0.458 e. The van der Waals surface area contributed by atoms with Crippen molar-refractivity contribution in [2.24, 2.45) is 0 Å². The number of fused-ring (bicyclic) bond motifs is 1. The Balaban J connectivity index is 1.90. The van der Waals surface area contributed by atoms with Crippen LogP contribution in [0.2, 0.25) is 0 Å². The van der Waals surface area contributed by atoms with Crippen LogP contribution in [-0.4, -0.2) is 12.8 Å². The molecule has 166 valence electrons. The molecule has 0 N–H and O–H groups in total. The van der Waals surface area contributed by atoms with E-state index < -0.39 is 46.2 Å². The largest absolute Gasteiger partial charge is 0.490 e. The first-order valence-electron chi connectivity index (χ1n) is 8.93. The van der Waals surface area contributed by atoms with E-state index in [2.05, 4.69) is 11.3 Å². The van der Waals surface area contributed by atoms with E-state index in [1.165, 1.54) is 18.2 Å². The van der Waals surface area contributed by atoms with Crippen LogP contribution in [0.4, 0.5) is 30.7 Å². The van der Waals surface area contributed by atoms with E-state index in [1.807, 2.05) is 0 Å². The minimum atomic E-state index is -4.86. The summed E-state index contributed by atoms with van der Waals surface area (Å²) in [6.07, 6.45) is -7.25. The third-order valence-corrected chi connectivity index (χ3v) is 4.12. The van der Waals surface area contributed by atoms with Gasteiger partial charge in [-0.2, -0.15) is 22.0 Å². The number of benzene rings is 3. The van der Waals surface area contributed by atoms with Gasteiger partial charge < -0.3 is 9.47 Å². The molecule has 0 aliphatic heterocycles. The van der Waals surface area contributed by atoms with E-state index >= 15 is 0 Å². The zero-order chi connectivity index (χ0) is 23.5. The molecular weight excluding hydrogens is 441 g/mol. The molecule has 0 fully saturated rings. The molecule has 0 amide bonds. The summed E-state index contributed by atoms with van der Waals surface area (Å²) in [5, 5.41) is -0.891. The Labute approximate surface area is 177 Å². The molecule has 0 saturated carbocycles. The Morgan fingerprint density at radius 1 is 0.906 bits per heavy atom. The fourth-order valence-electron chi connectivity index (χ4n) is 2.75. The first-order valence-corrected chi connectivity index (χ1v) is 8.93. The molecule has 0 bridgehead atoms. The highest BCUT2D eigenvalue weighted by atomic mass is 19.4. The number of ether oxygens (including phenoxy) is 2. The molecule has 0 aliphatic carbocycles. The second kappa shape index (κ2) is 8.83. The van der Waals surface area contributed by atoms with Crippen LogP contribution in [0.1, 0.15) is 11.1 Å². The molecule has 0 atom stereocenters. The lowest BCUT2D eigenvalue weighted by atomic mass is 10.0. The van der Waals surface area contributed by atoms with Crippen LogP contribution >= 0.6 is 0 Å². The minimum absolute atomic E-state index is 0.183. The van der Waals surface area contributed by atoms with Crippen LogP contribution < -0.4 is 9.47 Å². The van der Waals surface area contributed by atoms with Gasteiger partial charge in [0.2, 0.25) is 0 Å². The van der Waals surface area contributed by atoms with Crippen LogP contribution in [0, 0.1) is 23.5 Å². The van der Waals surface area contributed by atoms with Gasteiger partial charge >= 0.3 is 12.3 Å². The Kier molecular flexibility index (Phi) is 6.35. The molecule has 9 heteroatoms. The molecule has 0 spiro atoms. The number of alkyl halides is 5. The lowest BCUT2D eigenvalue weighted by Gasteiger charge is -2.19. The molecular formula is C23H13F7O2. The zero-order valence-corrected chi connectivity index (χ0v) is 16.1. The van der Waals surface area contributed by atoms with Crippen LogP contribution in [0.5, 0.6) is 11.5 Å². The third kappa shape index (κ3) is 5.32. The lowest BCUT2D eigenvalue weighted by Crippen LogP contribution is -2.21. The van der Waals surface area contributed by atoms with Gasteiger partial charge in [-0.3, -0.25) is 0 Å². The summed E-state index contributed by atoms with van der Waals surface area (Å²) in [5.41, 5.74) is -1.24. The summed E-state index contributed by atoms with van der Waals surface area (Å²) < 4.78 is 104. The average Bonchev–Trinajstić information content (AvgIpc) is 2.70. The predicted octanol–water partition coefficient (Wildman–Crippen LogP) is 6.72. The Bertz CT molecular complexity index is 1200. The van der Waals surface area contributed by atoms with E-state index in [0.29, 0.717) is 11.8 Å². The van der Waals surface area contributed by atoms with Gasteiger partial charge in [-0.05, 0) is 41.8 Å². The maximum atomic E-state index is 14.5. The van der Waals surface area contributed by atoms with E-state index in [-0.39, 0.29) is 12.0 Å². The number of hydrogen-bond acceptors (Lipinski definition) is 2. The van der Waals surface area contributed by atoms with Gasteiger partial charge in [-0.1, -0.05) is 24.6 Å². The van der Waals surface area contributed by atoms with Gasteiger partial charge in [0, 0.05) is 12.0 Å². The Morgan fingerprint density at radius 3 is 2.22 bits per heavy atom. The molecule has 0 aliphatic rings. The van der Waals surface area contributed by atoms with Crippen molar-refractivity contribution in [3.63, 3.8) is 0 Å². The second-order valence-electron chi connectivity index (χ2n) is 6.42. The molecule has 0 saturated heterocycles. The molecule has 3 aromatic carbocycles. The monoisotopic (exact) mass is 454 g/mol. The summed E-state index contributed by atoms with van der Waals surface area (Å²) in [6, 6.07) is 8.09. The number of halogens is 7. The van der Waals surface area contributed by atoms with Crippen molar-refractivity contribution in [2.75, 3.05) is 6.61 Å². The summed E-state index contributed by atoms with van der Waals surface area (Å²) >= 11 is 0. The van der Waals surface area contributed by atoms with Gasteiger partial charge in [0.1, 0.15) is 29.7 Å². The topological polar surface area (TPSA) is 18.5 Å². The standard InChI is InChI=1S/C23H13F7O2/c1-2-11-31-17-7-5-16(6-8-17)23(29,30)32-18-12-15-4-3-14(9-10-22(26,27)28)21(25)20(15)19(24)13-18/h2-8,12-13H,1,11H2. The normalized spacial score (nSPS) is 11.6. The van der Waals surface area contributed by atoms with Crippen LogP contribution in [0.15, 0.2) is 61.2 Å². The average molecular weight is 454 g/mol. The molecule has 0 radical (unpaired) electrons. The van der Waals surface area contributed by atoms with E-state index in [4.69, 9.17) is 4.74 Å². The van der Waals surface area contributed by atoms with Crippen LogP contribution in [0.25, 0.3) is 10.8 Å². The summed E-state index contributed by atoms with van der Waals surface area (Å²) in [6.45, 7) is 3.65. The van der Waals surface area contributed by atoms with Gasteiger partial charge in [0.05, 0.1) is 16.5 Å². The maximum Gasteiger partial charge on any atom is 0.458 e. The summed E-state index contributed by atoms with van der Waals surface area (Å²) in [4.78, 5) is 0. The lowest BCUT2D eigenvalue weighted by molar-refractivity contribution is -0.185. The van der Waals surface area contributed by atoms with Gasteiger partial charge in [0.25, 0.3) is 0 Å². The Morgan fingerprint density at radius 2 is 1.59 bits per heavy atom. The molecule has 0 unspecified atom stereocenters. The molecule has 32 heavy (non-hydrogen) atoms. The highest BCUT2D eigenvalue weighted by Crippen LogP contribution is 2.35. The minimum Gasteiger partial charge on any atom is -0.490 e. The molecule has 0 heterocycles. The van der Waals surface area contributed by atoms with Gasteiger partial charge in [0.15, 0.2) is 0 Å². The maximum absolute atomic E-state index is 14.5. The molecule has 3 aromatic rings. The predicted molar refractivity (Wildman–Crippen MR) is 103 cm³/mol. The first-order chi connectivity index (χ1) is 15.0. The quantitative estimate of drug-likeness (QED) is 0.234. The summed E-state index contributed by atoms with van der Waals surface area (Å²) in [5.74, 6) is -0.460. The van der Waals surface area contributed by atoms with Crippen molar-refractivity contribution in [1.82, 2.24) is 0 Å². The SMILES string of the molecule is C=CCOc1ccc(C(F)(F)Oc2cc(F)c3c(F)c(C#CC(F)(F)F)ccc3c2)cc1. The van der Waals surface area contributed by atoms with Crippen molar-refractivity contribution in [3.8, 4) is 23.3 Å². The zero-order valence-electron chi connectivity index (χ0n) is 16.1. The van der Waals surface area contributed by atoms with Crippen LogP contribution in [0.3, 0.4) is 0 Å². The number of rotatable bonds is 6. The summed E-state index contributed by atoms with van der Waals surface area (Å²) in [7, 11) is 0. The highest BCUT2D eigenvalue weighted by molar-refractivity contribution is 5.86.